The summed E-state index contributed by atoms with van der Waals surface area (Å²) in [5, 5.41) is 14.5. The normalized spacial score (nSPS) is 15.9. The molecule has 1 rings (SSSR count). The standard InChI is InChI=1S/C10H17BrN2O/c1-5-13-9(8(11)6-12-13)10(4,14)7(2)3/h6-7,14H,5H2,1-4H3. The minimum atomic E-state index is -0.842. The molecule has 80 valence electrons. The van der Waals surface area contributed by atoms with Gasteiger partial charge in [-0.3, -0.25) is 4.68 Å². The molecule has 3 nitrogen and oxygen atoms in total. The number of nitrogens with zero attached hydrogens (tertiary/aromatic N) is 2. The van der Waals surface area contributed by atoms with Crippen LogP contribution in [0.3, 0.4) is 0 Å². The number of halogens is 1. The van der Waals surface area contributed by atoms with Crippen LogP contribution >= 0.6 is 15.9 Å². The van der Waals surface area contributed by atoms with Crippen LogP contribution in [0, 0.1) is 5.92 Å². The average molecular weight is 261 g/mol. The van der Waals surface area contributed by atoms with E-state index in [2.05, 4.69) is 21.0 Å². The number of hydrogen-bond donors (Lipinski definition) is 1. The van der Waals surface area contributed by atoms with E-state index >= 15 is 0 Å². The van der Waals surface area contributed by atoms with Crippen LogP contribution in [-0.2, 0) is 12.1 Å². The van der Waals surface area contributed by atoms with Crippen molar-refractivity contribution in [1.82, 2.24) is 9.78 Å². The lowest BCUT2D eigenvalue weighted by atomic mass is 9.89. The molecule has 1 aromatic heterocycles. The monoisotopic (exact) mass is 260 g/mol. The second-order valence-electron chi connectivity index (χ2n) is 3.96. The summed E-state index contributed by atoms with van der Waals surface area (Å²) >= 11 is 3.42. The molecule has 4 heteroatoms. The summed E-state index contributed by atoms with van der Waals surface area (Å²) in [5.41, 5.74) is 0.0146. The zero-order valence-electron chi connectivity index (χ0n) is 9.08. The van der Waals surface area contributed by atoms with Crippen molar-refractivity contribution in [2.24, 2.45) is 5.92 Å². The molecule has 0 saturated carbocycles. The van der Waals surface area contributed by atoms with E-state index in [4.69, 9.17) is 0 Å². The van der Waals surface area contributed by atoms with Gasteiger partial charge in [-0.2, -0.15) is 5.10 Å². The third-order valence-electron chi connectivity index (χ3n) is 2.70. The largest absolute Gasteiger partial charge is 0.384 e. The van der Waals surface area contributed by atoms with E-state index in [9.17, 15) is 5.11 Å². The fourth-order valence-corrected chi connectivity index (χ4v) is 2.08. The third kappa shape index (κ3) is 1.86. The van der Waals surface area contributed by atoms with E-state index in [0.717, 1.165) is 16.7 Å². The van der Waals surface area contributed by atoms with Gasteiger partial charge in [0, 0.05) is 6.54 Å². The van der Waals surface area contributed by atoms with Gasteiger partial charge < -0.3 is 5.11 Å². The van der Waals surface area contributed by atoms with Crippen LogP contribution in [0.15, 0.2) is 10.7 Å². The quantitative estimate of drug-likeness (QED) is 0.907. The Balaban J connectivity index is 3.22. The average Bonchev–Trinajstić information content (AvgIpc) is 2.46. The molecule has 1 atom stereocenters. The van der Waals surface area contributed by atoms with Gasteiger partial charge >= 0.3 is 0 Å². The summed E-state index contributed by atoms with van der Waals surface area (Å²) in [5.74, 6) is 0.154. The Kier molecular flexibility index (Phi) is 3.37. The van der Waals surface area contributed by atoms with Crippen LogP contribution in [0.1, 0.15) is 33.4 Å². The zero-order chi connectivity index (χ0) is 10.9. The topological polar surface area (TPSA) is 38.0 Å². The lowest BCUT2D eigenvalue weighted by Gasteiger charge is -2.28. The molecule has 0 radical (unpaired) electrons. The Morgan fingerprint density at radius 3 is 2.64 bits per heavy atom. The minimum Gasteiger partial charge on any atom is -0.384 e. The molecule has 0 bridgehead atoms. The van der Waals surface area contributed by atoms with Crippen LogP contribution in [-0.4, -0.2) is 14.9 Å². The van der Waals surface area contributed by atoms with Crippen molar-refractivity contribution in [3.8, 4) is 0 Å². The fourth-order valence-electron chi connectivity index (χ4n) is 1.38. The summed E-state index contributed by atoms with van der Waals surface area (Å²) in [6.07, 6.45) is 1.73. The number of hydrogen-bond acceptors (Lipinski definition) is 2. The molecule has 0 fully saturated rings. The molecular weight excluding hydrogens is 244 g/mol. The van der Waals surface area contributed by atoms with Crippen molar-refractivity contribution >= 4 is 15.9 Å². The molecule has 1 unspecified atom stereocenters. The highest BCUT2D eigenvalue weighted by Gasteiger charge is 2.32. The first-order chi connectivity index (χ1) is 6.41. The molecule has 14 heavy (non-hydrogen) atoms. The summed E-state index contributed by atoms with van der Waals surface area (Å²) in [6, 6.07) is 0. The molecule has 0 spiro atoms. The molecular formula is C10H17BrN2O. The maximum absolute atomic E-state index is 10.4. The van der Waals surface area contributed by atoms with Crippen molar-refractivity contribution in [2.75, 3.05) is 0 Å². The van der Waals surface area contributed by atoms with E-state index in [1.54, 1.807) is 6.20 Å². The highest BCUT2D eigenvalue weighted by molar-refractivity contribution is 9.10. The molecule has 0 aromatic carbocycles. The van der Waals surface area contributed by atoms with Crippen LogP contribution < -0.4 is 0 Å². The van der Waals surface area contributed by atoms with E-state index in [1.165, 1.54) is 0 Å². The maximum atomic E-state index is 10.4. The van der Waals surface area contributed by atoms with E-state index in [0.29, 0.717) is 0 Å². The van der Waals surface area contributed by atoms with E-state index < -0.39 is 5.60 Å². The highest BCUT2D eigenvalue weighted by atomic mass is 79.9. The Morgan fingerprint density at radius 2 is 2.21 bits per heavy atom. The van der Waals surface area contributed by atoms with Crippen LogP contribution in [0.5, 0.6) is 0 Å². The van der Waals surface area contributed by atoms with Gasteiger partial charge in [0.05, 0.1) is 16.4 Å². The van der Waals surface area contributed by atoms with E-state index in [1.807, 2.05) is 32.4 Å². The summed E-state index contributed by atoms with van der Waals surface area (Å²) < 4.78 is 2.70. The van der Waals surface area contributed by atoms with Gasteiger partial charge in [-0.25, -0.2) is 0 Å². The number of aliphatic hydroxyl groups is 1. The smallest absolute Gasteiger partial charge is 0.107 e. The molecule has 0 aliphatic carbocycles. The first-order valence-corrected chi connectivity index (χ1v) is 5.64. The molecule has 1 N–H and O–H groups in total. The molecule has 1 heterocycles. The fraction of sp³-hybridized carbons (Fsp3) is 0.700. The van der Waals surface area contributed by atoms with Crippen molar-refractivity contribution in [1.29, 1.82) is 0 Å². The van der Waals surface area contributed by atoms with Gasteiger partial charge in [0.15, 0.2) is 0 Å². The van der Waals surface area contributed by atoms with Gasteiger partial charge in [0.1, 0.15) is 5.60 Å². The van der Waals surface area contributed by atoms with Gasteiger partial charge in [-0.15, -0.1) is 0 Å². The predicted molar refractivity (Wildman–Crippen MR) is 60.0 cm³/mol. The Morgan fingerprint density at radius 1 is 1.64 bits per heavy atom. The minimum absolute atomic E-state index is 0.154. The maximum Gasteiger partial charge on any atom is 0.107 e. The number of aromatic nitrogens is 2. The first-order valence-electron chi connectivity index (χ1n) is 4.85. The van der Waals surface area contributed by atoms with Gasteiger partial charge in [-0.05, 0) is 35.7 Å². The Bertz CT molecular complexity index is 318. The Labute approximate surface area is 93.3 Å². The molecule has 0 saturated heterocycles. The van der Waals surface area contributed by atoms with Crippen LogP contribution in [0.2, 0.25) is 0 Å². The van der Waals surface area contributed by atoms with Crippen molar-refractivity contribution < 1.29 is 5.11 Å². The first kappa shape index (κ1) is 11.7. The summed E-state index contributed by atoms with van der Waals surface area (Å²) in [6.45, 7) is 8.60. The second-order valence-corrected chi connectivity index (χ2v) is 4.81. The van der Waals surface area contributed by atoms with E-state index in [-0.39, 0.29) is 5.92 Å². The van der Waals surface area contributed by atoms with Crippen LogP contribution in [0.25, 0.3) is 0 Å². The summed E-state index contributed by atoms with van der Waals surface area (Å²) in [7, 11) is 0. The third-order valence-corrected chi connectivity index (χ3v) is 3.28. The van der Waals surface area contributed by atoms with Gasteiger partial charge in [-0.1, -0.05) is 13.8 Å². The Hall–Kier alpha value is -0.350. The van der Waals surface area contributed by atoms with Gasteiger partial charge in [0.2, 0.25) is 0 Å². The highest BCUT2D eigenvalue weighted by Crippen LogP contribution is 2.33. The zero-order valence-corrected chi connectivity index (χ0v) is 10.7. The van der Waals surface area contributed by atoms with Crippen LogP contribution in [0.4, 0.5) is 0 Å². The molecule has 0 aliphatic heterocycles. The van der Waals surface area contributed by atoms with Crippen molar-refractivity contribution in [3.05, 3.63) is 16.4 Å². The second kappa shape index (κ2) is 4.03. The predicted octanol–water partition coefficient (Wildman–Crippen LogP) is 2.53. The lowest BCUT2D eigenvalue weighted by Crippen LogP contribution is -2.31. The molecule has 0 aliphatic rings. The molecule has 1 aromatic rings. The molecule has 0 amide bonds. The summed E-state index contributed by atoms with van der Waals surface area (Å²) in [4.78, 5) is 0. The SMILES string of the molecule is CCn1ncc(Br)c1C(C)(O)C(C)C. The van der Waals surface area contributed by atoms with Gasteiger partial charge in [0.25, 0.3) is 0 Å². The lowest BCUT2D eigenvalue weighted by molar-refractivity contribution is -0.0000632. The number of rotatable bonds is 3. The van der Waals surface area contributed by atoms with Crippen molar-refractivity contribution in [2.45, 2.75) is 39.8 Å². The number of aryl methyl sites for hydroxylation is 1. The van der Waals surface area contributed by atoms with Crippen molar-refractivity contribution in [3.63, 3.8) is 0 Å².